The third-order valence-electron chi connectivity index (χ3n) is 1.62. The van der Waals surface area contributed by atoms with E-state index in [1.54, 1.807) is 0 Å². The van der Waals surface area contributed by atoms with Crippen molar-refractivity contribution in [2.24, 2.45) is 5.73 Å². The zero-order valence-corrected chi connectivity index (χ0v) is 11.0. The molecule has 0 saturated carbocycles. The lowest BCUT2D eigenvalue weighted by Crippen LogP contribution is -2.43. The van der Waals surface area contributed by atoms with Crippen molar-refractivity contribution in [3.05, 3.63) is 0 Å². The Balaban J connectivity index is 4.12. The van der Waals surface area contributed by atoms with Crippen molar-refractivity contribution in [1.82, 2.24) is 5.32 Å². The van der Waals surface area contributed by atoms with E-state index >= 15 is 0 Å². The minimum absolute atomic E-state index is 0.247. The average molecular weight is 248 g/mol. The highest BCUT2D eigenvalue weighted by atomic mass is 32.2. The van der Waals surface area contributed by atoms with E-state index in [2.05, 4.69) is 10.1 Å². The second-order valence-electron chi connectivity index (χ2n) is 4.28. The third-order valence-corrected chi connectivity index (χ3v) is 3.14. The minimum atomic E-state index is -0.602. The van der Waals surface area contributed by atoms with Crippen LogP contribution in [0.3, 0.4) is 0 Å². The van der Waals surface area contributed by atoms with Crippen LogP contribution in [-0.2, 0) is 14.3 Å². The Morgan fingerprint density at radius 2 is 2.06 bits per heavy atom. The Kier molecular flexibility index (Phi) is 6.43. The van der Waals surface area contributed by atoms with Crippen LogP contribution in [0.5, 0.6) is 0 Å². The van der Waals surface area contributed by atoms with E-state index in [9.17, 15) is 9.59 Å². The van der Waals surface area contributed by atoms with Gasteiger partial charge in [-0.1, -0.05) is 0 Å². The van der Waals surface area contributed by atoms with Crippen LogP contribution in [0.1, 0.15) is 20.8 Å². The fourth-order valence-corrected chi connectivity index (χ4v) is 2.10. The van der Waals surface area contributed by atoms with Crippen LogP contribution >= 0.6 is 11.8 Å². The first-order valence-electron chi connectivity index (χ1n) is 4.98. The molecule has 94 valence electrons. The smallest absolute Gasteiger partial charge is 0.329 e. The normalized spacial score (nSPS) is 13.1. The average Bonchev–Trinajstić information content (AvgIpc) is 2.12. The topological polar surface area (TPSA) is 81.4 Å². The SMILES string of the molecule is COC(=O)C(CSCC(C)(C)N)NC(C)=O. The molecule has 0 bridgehead atoms. The molecule has 0 aromatic rings. The molecular formula is C10H20N2O3S. The van der Waals surface area contributed by atoms with Crippen LogP contribution in [-0.4, -0.2) is 42.1 Å². The summed E-state index contributed by atoms with van der Waals surface area (Å²) in [5, 5.41) is 2.54. The molecule has 0 rings (SSSR count). The van der Waals surface area contributed by atoms with Gasteiger partial charge < -0.3 is 15.8 Å². The molecule has 0 aromatic carbocycles. The molecular weight excluding hydrogens is 228 g/mol. The van der Waals surface area contributed by atoms with Gasteiger partial charge in [0.15, 0.2) is 0 Å². The van der Waals surface area contributed by atoms with E-state index in [0.717, 1.165) is 0 Å². The summed E-state index contributed by atoms with van der Waals surface area (Å²) in [5.41, 5.74) is 5.52. The van der Waals surface area contributed by atoms with Crippen LogP contribution in [0.4, 0.5) is 0 Å². The van der Waals surface area contributed by atoms with Crippen molar-refractivity contribution in [3.63, 3.8) is 0 Å². The molecule has 1 unspecified atom stereocenters. The van der Waals surface area contributed by atoms with Crippen LogP contribution < -0.4 is 11.1 Å². The van der Waals surface area contributed by atoms with Crippen molar-refractivity contribution >= 4 is 23.6 Å². The Labute approximate surface area is 100 Å². The Morgan fingerprint density at radius 3 is 2.44 bits per heavy atom. The van der Waals surface area contributed by atoms with Gasteiger partial charge in [0.05, 0.1) is 7.11 Å². The van der Waals surface area contributed by atoms with E-state index in [-0.39, 0.29) is 11.4 Å². The van der Waals surface area contributed by atoms with Gasteiger partial charge in [-0.15, -0.1) is 0 Å². The Morgan fingerprint density at radius 1 is 1.50 bits per heavy atom. The zero-order valence-electron chi connectivity index (χ0n) is 10.2. The highest BCUT2D eigenvalue weighted by Gasteiger charge is 2.21. The summed E-state index contributed by atoms with van der Waals surface area (Å²) >= 11 is 1.51. The van der Waals surface area contributed by atoms with Gasteiger partial charge in [0.1, 0.15) is 6.04 Å². The Hall–Kier alpha value is -0.750. The van der Waals surface area contributed by atoms with Crippen LogP contribution in [0.2, 0.25) is 0 Å². The molecule has 1 amide bonds. The molecule has 3 N–H and O–H groups in total. The molecule has 0 aliphatic carbocycles. The van der Waals surface area contributed by atoms with Crippen molar-refractivity contribution in [2.75, 3.05) is 18.6 Å². The summed E-state index contributed by atoms with van der Waals surface area (Å²) in [4.78, 5) is 22.2. The van der Waals surface area contributed by atoms with Gasteiger partial charge in [-0.2, -0.15) is 11.8 Å². The van der Waals surface area contributed by atoms with Gasteiger partial charge in [0.2, 0.25) is 5.91 Å². The Bertz CT molecular complexity index is 251. The number of hydrogen-bond donors (Lipinski definition) is 2. The van der Waals surface area contributed by atoms with Gasteiger partial charge in [0.25, 0.3) is 0 Å². The van der Waals surface area contributed by atoms with E-state index in [1.165, 1.54) is 25.8 Å². The van der Waals surface area contributed by atoms with Crippen LogP contribution in [0, 0.1) is 0 Å². The largest absolute Gasteiger partial charge is 0.467 e. The number of methoxy groups -OCH3 is 1. The molecule has 1 atom stereocenters. The first kappa shape index (κ1) is 15.2. The predicted molar refractivity (Wildman–Crippen MR) is 65.2 cm³/mol. The van der Waals surface area contributed by atoms with Crippen LogP contribution in [0.15, 0.2) is 0 Å². The lowest BCUT2D eigenvalue weighted by atomic mass is 10.1. The number of carbonyl (C=O) groups is 2. The second-order valence-corrected chi connectivity index (χ2v) is 5.31. The number of amides is 1. The lowest BCUT2D eigenvalue weighted by Gasteiger charge is -2.20. The lowest BCUT2D eigenvalue weighted by molar-refractivity contribution is -0.144. The highest BCUT2D eigenvalue weighted by Crippen LogP contribution is 2.11. The molecule has 0 aliphatic rings. The van der Waals surface area contributed by atoms with Crippen molar-refractivity contribution in [1.29, 1.82) is 0 Å². The third kappa shape index (κ3) is 7.53. The molecule has 0 aromatic heterocycles. The van der Waals surface area contributed by atoms with E-state index in [1.807, 2.05) is 13.8 Å². The predicted octanol–water partition coefficient (Wildman–Crippen LogP) is 0.135. The fourth-order valence-electron chi connectivity index (χ4n) is 0.996. The first-order valence-corrected chi connectivity index (χ1v) is 6.13. The molecule has 0 fully saturated rings. The zero-order chi connectivity index (χ0) is 12.8. The number of hydrogen-bond acceptors (Lipinski definition) is 5. The van der Waals surface area contributed by atoms with Gasteiger partial charge in [0, 0.05) is 24.0 Å². The number of nitrogens with one attached hydrogen (secondary N) is 1. The second kappa shape index (κ2) is 6.75. The summed E-state index contributed by atoms with van der Waals surface area (Å²) in [6.45, 7) is 5.19. The first-order chi connectivity index (χ1) is 7.26. The quantitative estimate of drug-likeness (QED) is 0.653. The number of thioether (sulfide) groups is 1. The molecule has 0 heterocycles. The molecule has 0 spiro atoms. The molecule has 0 radical (unpaired) electrons. The number of rotatable bonds is 6. The van der Waals surface area contributed by atoms with Gasteiger partial charge >= 0.3 is 5.97 Å². The maximum absolute atomic E-state index is 11.3. The van der Waals surface area contributed by atoms with Gasteiger partial charge in [-0.05, 0) is 13.8 Å². The summed E-state index contributed by atoms with van der Waals surface area (Å²) in [5.74, 6) is 0.494. The molecule has 16 heavy (non-hydrogen) atoms. The number of esters is 1. The van der Waals surface area contributed by atoms with E-state index in [4.69, 9.17) is 5.73 Å². The minimum Gasteiger partial charge on any atom is -0.467 e. The molecule has 0 aliphatic heterocycles. The maximum Gasteiger partial charge on any atom is 0.329 e. The number of nitrogens with two attached hydrogens (primary N) is 1. The van der Waals surface area contributed by atoms with Gasteiger partial charge in [-0.25, -0.2) is 4.79 Å². The van der Waals surface area contributed by atoms with Crippen molar-refractivity contribution in [3.8, 4) is 0 Å². The summed E-state index contributed by atoms with van der Waals surface area (Å²) < 4.78 is 4.60. The standard InChI is InChI=1S/C10H20N2O3S/c1-7(13)12-8(9(14)15-4)5-16-6-10(2,3)11/h8H,5-6,11H2,1-4H3,(H,12,13). The maximum atomic E-state index is 11.3. The van der Waals surface area contributed by atoms with Crippen molar-refractivity contribution < 1.29 is 14.3 Å². The summed E-state index contributed by atoms with van der Waals surface area (Å²) in [7, 11) is 1.30. The van der Waals surface area contributed by atoms with Crippen LogP contribution in [0.25, 0.3) is 0 Å². The van der Waals surface area contributed by atoms with E-state index in [0.29, 0.717) is 11.5 Å². The molecule has 6 heteroatoms. The molecule has 0 saturated heterocycles. The summed E-state index contributed by atoms with van der Waals surface area (Å²) in [6, 6.07) is -0.602. The highest BCUT2D eigenvalue weighted by molar-refractivity contribution is 7.99. The van der Waals surface area contributed by atoms with Gasteiger partial charge in [-0.3, -0.25) is 4.79 Å². The monoisotopic (exact) mass is 248 g/mol. The molecule has 5 nitrogen and oxygen atoms in total. The fraction of sp³-hybridized carbons (Fsp3) is 0.800. The van der Waals surface area contributed by atoms with Crippen molar-refractivity contribution in [2.45, 2.75) is 32.4 Å². The summed E-state index contributed by atoms with van der Waals surface area (Å²) in [6.07, 6.45) is 0. The van der Waals surface area contributed by atoms with E-state index < -0.39 is 12.0 Å². The number of ether oxygens (including phenoxy) is 1. The number of carbonyl (C=O) groups excluding carboxylic acids is 2.